The van der Waals surface area contributed by atoms with E-state index in [-0.39, 0.29) is 0 Å². The third-order valence-corrected chi connectivity index (χ3v) is 5.82. The molecule has 2 heterocycles. The van der Waals surface area contributed by atoms with Crippen LogP contribution in [0.5, 0.6) is 0 Å². The Bertz CT molecular complexity index is 735. The van der Waals surface area contributed by atoms with Gasteiger partial charge >= 0.3 is 0 Å². The van der Waals surface area contributed by atoms with Crippen LogP contribution in [0.25, 0.3) is 0 Å². The topological polar surface area (TPSA) is 58.2 Å². The van der Waals surface area contributed by atoms with E-state index in [0.717, 1.165) is 35.3 Å². The largest absolute Gasteiger partial charge is 0.384 e. The summed E-state index contributed by atoms with van der Waals surface area (Å²) in [6.07, 6.45) is 0.877. The molecule has 0 fully saturated rings. The maximum atomic E-state index is 12.3. The van der Waals surface area contributed by atoms with Crippen LogP contribution in [0.1, 0.15) is 16.7 Å². The van der Waals surface area contributed by atoms with Crippen LogP contribution in [0.4, 0.5) is 5.69 Å². The van der Waals surface area contributed by atoms with E-state index in [2.05, 4.69) is 10.0 Å². The minimum Gasteiger partial charge on any atom is -0.384 e. The molecular weight excluding hydrogens is 292 g/mol. The first kappa shape index (κ1) is 13.6. The molecule has 1 aromatic carbocycles. The summed E-state index contributed by atoms with van der Waals surface area (Å²) in [6, 6.07) is 5.25. The minimum absolute atomic E-state index is 0.340. The van der Waals surface area contributed by atoms with Gasteiger partial charge < -0.3 is 5.32 Å². The molecule has 1 aromatic heterocycles. The highest BCUT2D eigenvalue weighted by Crippen LogP contribution is 2.25. The van der Waals surface area contributed by atoms with Crippen molar-refractivity contribution in [3.05, 3.63) is 45.6 Å². The molecule has 0 bridgehead atoms. The molecule has 6 heteroatoms. The average Bonchev–Trinajstić information content (AvgIpc) is 3.04. The second-order valence-electron chi connectivity index (χ2n) is 4.90. The van der Waals surface area contributed by atoms with E-state index in [0.29, 0.717) is 11.4 Å². The van der Waals surface area contributed by atoms with Gasteiger partial charge in [0, 0.05) is 18.8 Å². The van der Waals surface area contributed by atoms with E-state index >= 15 is 0 Å². The first-order chi connectivity index (χ1) is 9.56. The third-order valence-electron chi connectivity index (χ3n) is 3.51. The van der Waals surface area contributed by atoms with E-state index in [1.54, 1.807) is 23.5 Å². The molecule has 0 aliphatic carbocycles. The highest BCUT2D eigenvalue weighted by atomic mass is 32.2. The number of sulfonamides is 1. The van der Waals surface area contributed by atoms with Crippen molar-refractivity contribution in [1.29, 1.82) is 0 Å². The number of hydrogen-bond donors (Lipinski definition) is 2. The van der Waals surface area contributed by atoms with Crippen LogP contribution in [0.15, 0.2) is 33.9 Å². The van der Waals surface area contributed by atoms with Gasteiger partial charge in [0.1, 0.15) is 0 Å². The molecule has 106 valence electrons. The summed E-state index contributed by atoms with van der Waals surface area (Å²) in [5.41, 5.74) is 4.26. The highest BCUT2D eigenvalue weighted by Gasteiger charge is 2.18. The van der Waals surface area contributed by atoms with Crippen LogP contribution < -0.4 is 10.0 Å². The van der Waals surface area contributed by atoms with Gasteiger partial charge in [0.2, 0.25) is 10.0 Å². The smallest absolute Gasteiger partial charge is 0.240 e. The van der Waals surface area contributed by atoms with Gasteiger partial charge in [-0.3, -0.25) is 0 Å². The molecule has 0 amide bonds. The molecule has 0 atom stereocenters. The summed E-state index contributed by atoms with van der Waals surface area (Å²) in [5.74, 6) is 0. The third kappa shape index (κ3) is 2.59. The van der Waals surface area contributed by atoms with Gasteiger partial charge in [-0.1, -0.05) is 0 Å². The number of aryl methyl sites for hydroxylation is 1. The Morgan fingerprint density at radius 3 is 2.95 bits per heavy atom. The molecule has 2 aromatic rings. The average molecular weight is 308 g/mol. The van der Waals surface area contributed by atoms with Crippen molar-refractivity contribution in [2.24, 2.45) is 0 Å². The van der Waals surface area contributed by atoms with Crippen LogP contribution >= 0.6 is 11.3 Å². The van der Waals surface area contributed by atoms with Crippen molar-refractivity contribution < 1.29 is 8.42 Å². The SMILES string of the molecule is Cc1cscc1CNS(=O)(=O)c1ccc2c(c1)CCN2. The Morgan fingerprint density at radius 1 is 1.35 bits per heavy atom. The first-order valence-electron chi connectivity index (χ1n) is 6.44. The van der Waals surface area contributed by atoms with Gasteiger partial charge in [-0.15, -0.1) is 0 Å². The predicted octanol–water partition coefficient (Wildman–Crippen LogP) is 2.50. The highest BCUT2D eigenvalue weighted by molar-refractivity contribution is 7.89. The Hall–Kier alpha value is -1.37. The van der Waals surface area contributed by atoms with Gasteiger partial charge in [-0.05, 0) is 59.0 Å². The number of hydrogen-bond acceptors (Lipinski definition) is 4. The zero-order chi connectivity index (χ0) is 14.2. The molecule has 2 N–H and O–H groups in total. The quantitative estimate of drug-likeness (QED) is 0.912. The summed E-state index contributed by atoms with van der Waals surface area (Å²) >= 11 is 1.59. The molecule has 4 nitrogen and oxygen atoms in total. The van der Waals surface area contributed by atoms with Gasteiger partial charge in [-0.25, -0.2) is 13.1 Å². The first-order valence-corrected chi connectivity index (χ1v) is 8.87. The monoisotopic (exact) mass is 308 g/mol. The number of anilines is 1. The molecule has 0 radical (unpaired) electrons. The lowest BCUT2D eigenvalue weighted by atomic mass is 10.2. The fourth-order valence-corrected chi connectivity index (χ4v) is 4.19. The number of thiophene rings is 1. The number of benzene rings is 1. The van der Waals surface area contributed by atoms with E-state index in [4.69, 9.17) is 0 Å². The van der Waals surface area contributed by atoms with Crippen molar-refractivity contribution in [3.8, 4) is 0 Å². The molecule has 20 heavy (non-hydrogen) atoms. The van der Waals surface area contributed by atoms with E-state index < -0.39 is 10.0 Å². The Kier molecular flexibility index (Phi) is 3.54. The predicted molar refractivity (Wildman–Crippen MR) is 81.7 cm³/mol. The van der Waals surface area contributed by atoms with Crippen LogP contribution in [0.3, 0.4) is 0 Å². The van der Waals surface area contributed by atoms with Crippen molar-refractivity contribution in [2.75, 3.05) is 11.9 Å². The summed E-state index contributed by atoms with van der Waals surface area (Å²) in [6.45, 7) is 3.20. The van der Waals surface area contributed by atoms with Crippen molar-refractivity contribution in [3.63, 3.8) is 0 Å². The van der Waals surface area contributed by atoms with Gasteiger partial charge in [0.25, 0.3) is 0 Å². The fraction of sp³-hybridized carbons (Fsp3) is 0.286. The Morgan fingerprint density at radius 2 is 2.20 bits per heavy atom. The van der Waals surface area contributed by atoms with E-state index in [9.17, 15) is 8.42 Å². The molecule has 3 rings (SSSR count). The minimum atomic E-state index is -3.45. The van der Waals surface area contributed by atoms with Crippen molar-refractivity contribution in [2.45, 2.75) is 24.8 Å². The van der Waals surface area contributed by atoms with Crippen LogP contribution in [-0.4, -0.2) is 15.0 Å². The maximum Gasteiger partial charge on any atom is 0.240 e. The lowest BCUT2D eigenvalue weighted by molar-refractivity contribution is 0.581. The van der Waals surface area contributed by atoms with Gasteiger partial charge in [-0.2, -0.15) is 11.3 Å². The fourth-order valence-electron chi connectivity index (χ4n) is 2.27. The lowest BCUT2D eigenvalue weighted by Gasteiger charge is -2.08. The van der Waals surface area contributed by atoms with E-state index in [1.165, 1.54) is 0 Å². The number of fused-ring (bicyclic) bond motifs is 1. The zero-order valence-electron chi connectivity index (χ0n) is 11.1. The molecule has 0 saturated heterocycles. The molecular formula is C14H16N2O2S2. The lowest BCUT2D eigenvalue weighted by Crippen LogP contribution is -2.23. The van der Waals surface area contributed by atoms with Gasteiger partial charge in [0.05, 0.1) is 4.90 Å². The normalized spacial score (nSPS) is 14.1. The standard InChI is InChI=1S/C14H16N2O2S2/c1-10-8-19-9-12(10)7-16-20(17,18)13-2-3-14-11(6-13)4-5-15-14/h2-3,6,8-9,15-16H,4-5,7H2,1H3. The van der Waals surface area contributed by atoms with Crippen molar-refractivity contribution >= 4 is 27.0 Å². The van der Waals surface area contributed by atoms with Crippen molar-refractivity contribution in [1.82, 2.24) is 4.72 Å². The Balaban J connectivity index is 1.80. The molecule has 1 aliphatic rings. The number of nitrogens with one attached hydrogen (secondary N) is 2. The zero-order valence-corrected chi connectivity index (χ0v) is 12.8. The van der Waals surface area contributed by atoms with Crippen LogP contribution in [-0.2, 0) is 23.0 Å². The molecule has 0 spiro atoms. The van der Waals surface area contributed by atoms with E-state index in [1.807, 2.05) is 23.8 Å². The van der Waals surface area contributed by atoms with Gasteiger partial charge in [0.15, 0.2) is 0 Å². The summed E-state index contributed by atoms with van der Waals surface area (Å²) in [4.78, 5) is 0.341. The maximum absolute atomic E-state index is 12.3. The summed E-state index contributed by atoms with van der Waals surface area (Å²) < 4.78 is 27.3. The second-order valence-corrected chi connectivity index (χ2v) is 7.41. The summed E-state index contributed by atoms with van der Waals surface area (Å²) in [5, 5.41) is 7.22. The summed E-state index contributed by atoms with van der Waals surface area (Å²) in [7, 11) is -3.45. The van der Waals surface area contributed by atoms with Crippen LogP contribution in [0, 0.1) is 6.92 Å². The Labute approximate surface area is 122 Å². The number of rotatable bonds is 4. The molecule has 1 aliphatic heterocycles. The van der Waals surface area contributed by atoms with Crippen LogP contribution in [0.2, 0.25) is 0 Å². The molecule has 0 unspecified atom stereocenters. The molecule has 0 saturated carbocycles. The second kappa shape index (κ2) is 5.20.